The van der Waals surface area contributed by atoms with Crippen molar-refractivity contribution in [1.29, 1.82) is 0 Å². The Morgan fingerprint density at radius 1 is 1.13 bits per heavy atom. The van der Waals surface area contributed by atoms with Crippen LogP contribution in [0, 0.1) is 12.8 Å². The van der Waals surface area contributed by atoms with Crippen molar-refractivity contribution in [3.8, 4) is 11.1 Å². The standard InChI is InChI=1S/C22H23FN6O/c1-13-2-3-14(8-24-13)15-6-20-21(25-12-26-28(20)9-15)27-10-16-4-5-17(11-27)29(16)22(30)18-7-19(18)23/h2-3,6,8-9,12,16-19H,4-5,7,10-11H2,1H3/t16?,17?,18-,19-/m1/s1. The molecule has 0 spiro atoms. The summed E-state index contributed by atoms with van der Waals surface area (Å²) in [6.45, 7) is 3.43. The molecule has 5 heterocycles. The Morgan fingerprint density at radius 3 is 2.57 bits per heavy atom. The van der Waals surface area contributed by atoms with Crippen LogP contribution >= 0.6 is 0 Å². The second-order valence-corrected chi connectivity index (χ2v) is 8.72. The highest BCUT2D eigenvalue weighted by Gasteiger charge is 2.51. The summed E-state index contributed by atoms with van der Waals surface area (Å²) >= 11 is 0. The summed E-state index contributed by atoms with van der Waals surface area (Å²) in [5.74, 6) is 0.496. The number of pyridine rings is 1. The zero-order chi connectivity index (χ0) is 20.4. The van der Waals surface area contributed by atoms with Crippen molar-refractivity contribution in [1.82, 2.24) is 24.5 Å². The first-order chi connectivity index (χ1) is 14.6. The molecule has 3 aliphatic rings. The van der Waals surface area contributed by atoms with Gasteiger partial charge in [0, 0.05) is 54.4 Å². The van der Waals surface area contributed by atoms with Gasteiger partial charge in [0.15, 0.2) is 5.82 Å². The minimum absolute atomic E-state index is 0.0133. The van der Waals surface area contributed by atoms with Gasteiger partial charge >= 0.3 is 0 Å². The maximum atomic E-state index is 13.5. The molecule has 2 aliphatic heterocycles. The molecular formula is C22H23FN6O. The number of halogens is 1. The van der Waals surface area contributed by atoms with Gasteiger partial charge in [-0.3, -0.25) is 9.78 Å². The van der Waals surface area contributed by atoms with E-state index in [2.05, 4.69) is 32.1 Å². The maximum absolute atomic E-state index is 13.5. The van der Waals surface area contributed by atoms with Crippen LogP contribution < -0.4 is 4.90 Å². The second kappa shape index (κ2) is 6.48. The van der Waals surface area contributed by atoms with E-state index in [1.54, 1.807) is 6.33 Å². The number of fused-ring (bicyclic) bond motifs is 3. The topological polar surface area (TPSA) is 66.6 Å². The van der Waals surface area contributed by atoms with Gasteiger partial charge in [-0.25, -0.2) is 13.9 Å². The smallest absolute Gasteiger partial charge is 0.229 e. The average Bonchev–Trinajstić information content (AvgIpc) is 3.21. The third-order valence-corrected chi connectivity index (χ3v) is 6.70. The Balaban J connectivity index is 1.30. The highest BCUT2D eigenvalue weighted by molar-refractivity contribution is 5.84. The van der Waals surface area contributed by atoms with Gasteiger partial charge in [-0.1, -0.05) is 6.07 Å². The molecule has 2 saturated heterocycles. The molecule has 6 rings (SSSR count). The van der Waals surface area contributed by atoms with Crippen molar-refractivity contribution in [2.45, 2.75) is 44.4 Å². The van der Waals surface area contributed by atoms with Crippen LogP contribution in [0.2, 0.25) is 0 Å². The summed E-state index contributed by atoms with van der Waals surface area (Å²) in [4.78, 5) is 25.9. The van der Waals surface area contributed by atoms with E-state index in [0.717, 1.165) is 54.1 Å². The first-order valence-electron chi connectivity index (χ1n) is 10.6. The summed E-state index contributed by atoms with van der Waals surface area (Å²) in [5.41, 5.74) is 4.01. The number of carbonyl (C=O) groups excluding carboxylic acids is 1. The molecule has 3 fully saturated rings. The summed E-state index contributed by atoms with van der Waals surface area (Å²) in [6, 6.07) is 6.42. The van der Waals surface area contributed by atoms with Crippen molar-refractivity contribution in [3.63, 3.8) is 0 Å². The zero-order valence-electron chi connectivity index (χ0n) is 16.8. The third kappa shape index (κ3) is 2.77. The van der Waals surface area contributed by atoms with Crippen molar-refractivity contribution in [2.24, 2.45) is 5.92 Å². The van der Waals surface area contributed by atoms with E-state index in [-0.39, 0.29) is 18.0 Å². The summed E-state index contributed by atoms with van der Waals surface area (Å²) in [5, 5.41) is 4.39. The maximum Gasteiger partial charge on any atom is 0.229 e. The molecule has 2 unspecified atom stereocenters. The van der Waals surface area contributed by atoms with Crippen LogP contribution in [-0.4, -0.2) is 61.7 Å². The molecule has 154 valence electrons. The quantitative estimate of drug-likeness (QED) is 0.669. The normalized spacial score (nSPS) is 27.7. The van der Waals surface area contributed by atoms with E-state index >= 15 is 0 Å². The molecule has 1 amide bonds. The number of alkyl halides is 1. The Labute approximate surface area is 173 Å². The predicted molar refractivity (Wildman–Crippen MR) is 110 cm³/mol. The summed E-state index contributed by atoms with van der Waals surface area (Å²) < 4.78 is 15.3. The minimum Gasteiger partial charge on any atom is -0.351 e. The molecule has 1 saturated carbocycles. The van der Waals surface area contributed by atoms with Crippen molar-refractivity contribution >= 4 is 17.2 Å². The molecule has 3 aromatic rings. The van der Waals surface area contributed by atoms with Crippen LogP contribution in [0.1, 0.15) is 25.0 Å². The van der Waals surface area contributed by atoms with Crippen LogP contribution in [-0.2, 0) is 4.79 Å². The number of aryl methyl sites for hydroxylation is 1. The lowest BCUT2D eigenvalue weighted by molar-refractivity contribution is -0.136. The Hall–Kier alpha value is -3.03. The third-order valence-electron chi connectivity index (χ3n) is 6.70. The van der Waals surface area contributed by atoms with E-state index in [9.17, 15) is 9.18 Å². The second-order valence-electron chi connectivity index (χ2n) is 8.72. The summed E-state index contributed by atoms with van der Waals surface area (Å²) in [6.07, 6.45) is 6.85. The van der Waals surface area contributed by atoms with Gasteiger partial charge in [0.2, 0.25) is 5.91 Å². The van der Waals surface area contributed by atoms with E-state index in [0.29, 0.717) is 6.42 Å². The van der Waals surface area contributed by atoms with Crippen molar-refractivity contribution in [3.05, 3.63) is 42.6 Å². The molecule has 8 heteroatoms. The number of hydrogen-bond acceptors (Lipinski definition) is 5. The van der Waals surface area contributed by atoms with Gasteiger partial charge in [-0.2, -0.15) is 5.10 Å². The van der Waals surface area contributed by atoms with E-state index in [1.165, 1.54) is 0 Å². The van der Waals surface area contributed by atoms with Gasteiger partial charge in [-0.15, -0.1) is 0 Å². The van der Waals surface area contributed by atoms with Gasteiger partial charge < -0.3 is 9.80 Å². The number of nitrogens with zero attached hydrogens (tertiary/aromatic N) is 6. The monoisotopic (exact) mass is 406 g/mol. The fourth-order valence-corrected chi connectivity index (χ4v) is 5.00. The Morgan fingerprint density at radius 2 is 1.90 bits per heavy atom. The van der Waals surface area contributed by atoms with Gasteiger partial charge in [0.1, 0.15) is 18.0 Å². The number of carbonyl (C=O) groups is 1. The molecule has 30 heavy (non-hydrogen) atoms. The van der Waals surface area contributed by atoms with E-state index in [1.807, 2.05) is 34.8 Å². The highest BCUT2D eigenvalue weighted by atomic mass is 19.1. The lowest BCUT2D eigenvalue weighted by Gasteiger charge is -2.41. The van der Waals surface area contributed by atoms with E-state index in [4.69, 9.17) is 0 Å². The fraction of sp³-hybridized carbons (Fsp3) is 0.455. The van der Waals surface area contributed by atoms with E-state index < -0.39 is 12.1 Å². The number of rotatable bonds is 3. The molecule has 1 aliphatic carbocycles. The number of aromatic nitrogens is 4. The number of hydrogen-bond donors (Lipinski definition) is 0. The molecule has 0 N–H and O–H groups in total. The average molecular weight is 406 g/mol. The van der Waals surface area contributed by atoms with Crippen LogP contribution in [0.15, 0.2) is 36.9 Å². The van der Waals surface area contributed by atoms with Crippen LogP contribution in [0.4, 0.5) is 10.2 Å². The fourth-order valence-electron chi connectivity index (χ4n) is 5.00. The predicted octanol–water partition coefficient (Wildman–Crippen LogP) is 2.64. The molecule has 4 atom stereocenters. The number of amides is 1. The zero-order valence-corrected chi connectivity index (χ0v) is 16.8. The molecule has 2 bridgehead atoms. The van der Waals surface area contributed by atoms with Crippen molar-refractivity contribution in [2.75, 3.05) is 18.0 Å². The Bertz CT molecular complexity index is 1110. The van der Waals surface area contributed by atoms with Crippen molar-refractivity contribution < 1.29 is 9.18 Å². The largest absolute Gasteiger partial charge is 0.351 e. The van der Waals surface area contributed by atoms with Gasteiger partial charge in [-0.05, 0) is 38.3 Å². The van der Waals surface area contributed by atoms with Crippen LogP contribution in [0.25, 0.3) is 16.6 Å². The summed E-state index contributed by atoms with van der Waals surface area (Å²) in [7, 11) is 0. The van der Waals surface area contributed by atoms with Crippen LogP contribution in [0.3, 0.4) is 0 Å². The van der Waals surface area contributed by atoms with Gasteiger partial charge in [0.25, 0.3) is 0 Å². The molecule has 0 aromatic carbocycles. The number of anilines is 1. The molecule has 3 aromatic heterocycles. The molecular weight excluding hydrogens is 383 g/mol. The first-order valence-corrected chi connectivity index (χ1v) is 10.6. The van der Waals surface area contributed by atoms with Crippen LogP contribution in [0.5, 0.6) is 0 Å². The molecule has 0 radical (unpaired) electrons. The number of piperazine rings is 1. The lowest BCUT2D eigenvalue weighted by atomic mass is 10.1. The first kappa shape index (κ1) is 17.8. The Kier molecular flexibility index (Phi) is 3.85. The van der Waals surface area contributed by atoms with Gasteiger partial charge in [0.05, 0.1) is 5.92 Å². The SMILES string of the molecule is Cc1ccc(-c2cc3c(N4CC5CCC(C4)N5C(=O)[C@@H]4C[C@H]4F)ncnn3c2)cn1. The highest BCUT2D eigenvalue weighted by Crippen LogP contribution is 2.41. The lowest BCUT2D eigenvalue weighted by Crippen LogP contribution is -2.56. The minimum atomic E-state index is -0.938. The molecule has 7 nitrogen and oxygen atoms in total.